The van der Waals surface area contributed by atoms with Crippen LogP contribution in [-0.2, 0) is 14.4 Å². The Morgan fingerprint density at radius 3 is 1.84 bits per heavy atom. The van der Waals surface area contributed by atoms with Crippen LogP contribution in [0.5, 0.6) is 0 Å². The summed E-state index contributed by atoms with van der Waals surface area (Å²) in [4.78, 5) is 57.9. The number of anilines is 2. The average molecular weight is 423 g/mol. The average Bonchev–Trinajstić information content (AvgIpc) is 2.72. The zero-order chi connectivity index (χ0) is 23.0. The molecule has 2 aromatic rings. The van der Waals surface area contributed by atoms with Gasteiger partial charge in [-0.25, -0.2) is 0 Å². The Morgan fingerprint density at radius 2 is 1.32 bits per heavy atom. The molecule has 0 aromatic heterocycles. The highest BCUT2D eigenvalue weighted by Gasteiger charge is 2.10. The van der Waals surface area contributed by atoms with Crippen molar-refractivity contribution in [2.45, 2.75) is 13.8 Å². The van der Waals surface area contributed by atoms with Gasteiger partial charge in [-0.15, -0.1) is 0 Å². The van der Waals surface area contributed by atoms with Crippen molar-refractivity contribution in [1.82, 2.24) is 5.32 Å². The summed E-state index contributed by atoms with van der Waals surface area (Å²) >= 11 is 0. The number of rotatable bonds is 8. The molecule has 0 saturated heterocycles. The van der Waals surface area contributed by atoms with E-state index in [2.05, 4.69) is 16.0 Å². The number of aliphatic carboxylic acids is 1. The molecule has 0 aliphatic heterocycles. The predicted molar refractivity (Wildman–Crippen MR) is 114 cm³/mol. The Bertz CT molecular complexity index is 1040. The summed E-state index contributed by atoms with van der Waals surface area (Å²) in [5.74, 6) is -2.81. The van der Waals surface area contributed by atoms with Gasteiger partial charge >= 0.3 is 5.97 Å². The second-order valence-electron chi connectivity index (χ2n) is 6.56. The fourth-order valence-electron chi connectivity index (χ4n) is 2.42. The minimum atomic E-state index is -1.16. The van der Waals surface area contributed by atoms with Gasteiger partial charge in [-0.2, -0.15) is 0 Å². The first-order valence-corrected chi connectivity index (χ1v) is 9.17. The van der Waals surface area contributed by atoms with Gasteiger partial charge < -0.3 is 21.1 Å². The normalized spacial score (nSPS) is 10.7. The van der Waals surface area contributed by atoms with Gasteiger partial charge in [0.15, 0.2) is 5.78 Å². The lowest BCUT2D eigenvalue weighted by molar-refractivity contribution is -0.135. The maximum atomic E-state index is 12.3. The molecule has 0 bridgehead atoms. The Kier molecular flexibility index (Phi) is 7.79. The molecule has 2 aromatic carbocycles. The number of Topliss-reactive ketones (excluding diaryl/α,β-unsaturated/α-hetero) is 1. The highest BCUT2D eigenvalue weighted by Crippen LogP contribution is 2.12. The molecule has 3 amide bonds. The Labute approximate surface area is 178 Å². The van der Waals surface area contributed by atoms with Gasteiger partial charge in [0.05, 0.1) is 0 Å². The lowest BCUT2D eigenvalue weighted by Crippen LogP contribution is -2.29. The zero-order valence-electron chi connectivity index (χ0n) is 16.9. The van der Waals surface area contributed by atoms with Crippen LogP contribution in [0.15, 0.2) is 60.2 Å². The van der Waals surface area contributed by atoms with Gasteiger partial charge in [0.1, 0.15) is 6.54 Å². The number of nitrogens with one attached hydrogen (secondary N) is 3. The molecular formula is C22H21N3O6. The van der Waals surface area contributed by atoms with Crippen LogP contribution < -0.4 is 16.0 Å². The molecule has 9 heteroatoms. The monoisotopic (exact) mass is 423 g/mol. The number of ketones is 1. The number of carboxylic acid groups (broad SMARTS) is 1. The van der Waals surface area contributed by atoms with Gasteiger partial charge in [0.2, 0.25) is 5.91 Å². The maximum absolute atomic E-state index is 12.3. The fraction of sp³-hybridized carbons (Fsp3) is 0.136. The van der Waals surface area contributed by atoms with E-state index in [0.29, 0.717) is 16.9 Å². The van der Waals surface area contributed by atoms with Gasteiger partial charge in [0.25, 0.3) is 11.8 Å². The molecule has 4 N–H and O–H groups in total. The third-order valence-electron chi connectivity index (χ3n) is 4.07. The van der Waals surface area contributed by atoms with Crippen molar-refractivity contribution in [2.24, 2.45) is 0 Å². The molecule has 0 atom stereocenters. The number of carboxylic acids is 1. The van der Waals surface area contributed by atoms with Gasteiger partial charge in [-0.3, -0.25) is 24.0 Å². The lowest BCUT2D eigenvalue weighted by Gasteiger charge is -2.08. The van der Waals surface area contributed by atoms with E-state index in [1.165, 1.54) is 38.1 Å². The smallest absolute Gasteiger partial charge is 0.322 e. The summed E-state index contributed by atoms with van der Waals surface area (Å²) in [7, 11) is 0. The van der Waals surface area contributed by atoms with Crippen molar-refractivity contribution in [3.8, 4) is 0 Å². The summed E-state index contributed by atoms with van der Waals surface area (Å²) in [5, 5.41) is 16.0. The zero-order valence-corrected chi connectivity index (χ0v) is 16.9. The third kappa shape index (κ3) is 7.24. The van der Waals surface area contributed by atoms with Crippen molar-refractivity contribution < 1.29 is 29.1 Å². The van der Waals surface area contributed by atoms with Crippen molar-refractivity contribution >= 4 is 40.8 Å². The van der Waals surface area contributed by atoms with Crippen LogP contribution in [0.1, 0.15) is 34.6 Å². The second-order valence-corrected chi connectivity index (χ2v) is 6.56. The lowest BCUT2D eigenvalue weighted by atomic mass is 10.1. The molecule has 0 saturated carbocycles. The molecule has 0 aliphatic carbocycles. The highest BCUT2D eigenvalue weighted by atomic mass is 16.4. The van der Waals surface area contributed by atoms with Crippen molar-refractivity contribution in [3.63, 3.8) is 0 Å². The SMILES string of the molecule is CC(=O)c1ccc(NC(=O)/C=C(/C)C(=O)Nc2ccc(C(=O)NCC(=O)O)cc2)cc1. The summed E-state index contributed by atoms with van der Waals surface area (Å²) in [5.41, 5.74) is 1.79. The van der Waals surface area contributed by atoms with E-state index in [1.54, 1.807) is 24.3 Å². The molecule has 160 valence electrons. The van der Waals surface area contributed by atoms with Crippen molar-refractivity contribution in [2.75, 3.05) is 17.2 Å². The molecule has 2 rings (SSSR count). The molecule has 0 aliphatic rings. The summed E-state index contributed by atoms with van der Waals surface area (Å²) in [6.45, 7) is 2.42. The van der Waals surface area contributed by atoms with E-state index >= 15 is 0 Å². The van der Waals surface area contributed by atoms with E-state index in [-0.39, 0.29) is 16.9 Å². The Balaban J connectivity index is 1.93. The second kappa shape index (κ2) is 10.5. The number of amides is 3. The minimum absolute atomic E-state index is 0.0841. The molecule has 9 nitrogen and oxygen atoms in total. The molecule has 0 spiro atoms. The van der Waals surface area contributed by atoms with Crippen molar-refractivity contribution in [3.05, 3.63) is 71.3 Å². The van der Waals surface area contributed by atoms with Gasteiger partial charge in [-0.1, -0.05) is 0 Å². The van der Waals surface area contributed by atoms with Crippen LogP contribution >= 0.6 is 0 Å². The van der Waals surface area contributed by atoms with Crippen LogP contribution in [0, 0.1) is 0 Å². The number of carbonyl (C=O) groups is 5. The van der Waals surface area contributed by atoms with Crippen LogP contribution in [0.2, 0.25) is 0 Å². The number of carbonyl (C=O) groups excluding carboxylic acids is 4. The summed E-state index contributed by atoms with van der Waals surface area (Å²) in [6.07, 6.45) is 1.14. The first-order valence-electron chi connectivity index (χ1n) is 9.17. The molecule has 0 unspecified atom stereocenters. The van der Waals surface area contributed by atoms with Crippen LogP contribution in [0.4, 0.5) is 11.4 Å². The fourth-order valence-corrected chi connectivity index (χ4v) is 2.42. The predicted octanol–water partition coefficient (Wildman–Crippen LogP) is 2.23. The number of hydrogen-bond donors (Lipinski definition) is 4. The Morgan fingerprint density at radius 1 is 0.806 bits per heavy atom. The number of benzene rings is 2. The van der Waals surface area contributed by atoms with Crippen LogP contribution in [0.25, 0.3) is 0 Å². The number of hydrogen-bond acceptors (Lipinski definition) is 5. The first kappa shape index (κ1) is 23.0. The standard InChI is InChI=1S/C22H21N3O6/c1-13(11-19(27)24-17-7-3-15(4-8-17)14(2)26)21(30)25-18-9-5-16(6-10-18)22(31)23-12-20(28)29/h3-11H,12H2,1-2H3,(H,23,31)(H,24,27)(H,25,30)(H,28,29)/b13-11-. The van der Waals surface area contributed by atoms with Crippen LogP contribution in [-0.4, -0.2) is 41.1 Å². The van der Waals surface area contributed by atoms with E-state index < -0.39 is 30.2 Å². The van der Waals surface area contributed by atoms with Crippen LogP contribution in [0.3, 0.4) is 0 Å². The van der Waals surface area contributed by atoms with Gasteiger partial charge in [-0.05, 0) is 62.4 Å². The largest absolute Gasteiger partial charge is 0.480 e. The van der Waals surface area contributed by atoms with E-state index in [4.69, 9.17) is 5.11 Å². The van der Waals surface area contributed by atoms with E-state index in [1.807, 2.05) is 0 Å². The third-order valence-corrected chi connectivity index (χ3v) is 4.07. The van der Waals surface area contributed by atoms with Crippen molar-refractivity contribution in [1.29, 1.82) is 0 Å². The first-order chi connectivity index (χ1) is 14.7. The molecule has 0 heterocycles. The highest BCUT2D eigenvalue weighted by molar-refractivity contribution is 6.10. The molecule has 0 fully saturated rings. The maximum Gasteiger partial charge on any atom is 0.322 e. The van der Waals surface area contributed by atoms with E-state index in [0.717, 1.165) is 6.08 Å². The Hall–Kier alpha value is -4.27. The molecular weight excluding hydrogens is 402 g/mol. The summed E-state index contributed by atoms with van der Waals surface area (Å²) < 4.78 is 0. The molecule has 0 radical (unpaired) electrons. The quantitative estimate of drug-likeness (QED) is 0.379. The van der Waals surface area contributed by atoms with Gasteiger partial charge in [0, 0.05) is 34.2 Å². The minimum Gasteiger partial charge on any atom is -0.480 e. The topological polar surface area (TPSA) is 142 Å². The summed E-state index contributed by atoms with van der Waals surface area (Å²) in [6, 6.07) is 12.2. The molecule has 31 heavy (non-hydrogen) atoms. The van der Waals surface area contributed by atoms with E-state index in [9.17, 15) is 24.0 Å².